The van der Waals surface area contributed by atoms with Crippen LogP contribution in [0.5, 0.6) is 0 Å². The molecule has 0 aliphatic heterocycles. The van der Waals surface area contributed by atoms with E-state index in [-0.39, 0.29) is 32.3 Å². The van der Waals surface area contributed by atoms with Crippen molar-refractivity contribution >= 4 is 41.7 Å². The number of carbonyl (C=O) groups is 7. The highest BCUT2D eigenvalue weighted by atomic mass is 16.6. The summed E-state index contributed by atoms with van der Waals surface area (Å²) < 4.78 is 15.6. The summed E-state index contributed by atoms with van der Waals surface area (Å²) in [7, 11) is 0. The van der Waals surface area contributed by atoms with Crippen LogP contribution in [0.15, 0.2) is 30.3 Å². The molecule has 0 unspecified atom stereocenters. The number of alkyl carbamates (subject to hydrolysis) is 1. The van der Waals surface area contributed by atoms with Gasteiger partial charge in [-0.15, -0.1) is 0 Å². The number of carboxylic acid groups (broad SMARTS) is 1. The van der Waals surface area contributed by atoms with Crippen molar-refractivity contribution in [3.8, 4) is 0 Å². The monoisotopic (exact) mass is 636 g/mol. The lowest BCUT2D eigenvalue weighted by molar-refractivity contribution is -0.157. The molecule has 1 aromatic rings. The van der Waals surface area contributed by atoms with E-state index in [9.17, 15) is 38.7 Å². The van der Waals surface area contributed by atoms with Crippen LogP contribution in [0.2, 0.25) is 0 Å². The normalized spacial score (nSPS) is 13.3. The number of esters is 2. The second kappa shape index (κ2) is 17.6. The van der Waals surface area contributed by atoms with Crippen molar-refractivity contribution in [2.45, 2.75) is 110 Å². The first kappa shape index (κ1) is 38.3. The summed E-state index contributed by atoms with van der Waals surface area (Å²) in [5.74, 6) is -5.84. The highest BCUT2D eigenvalue weighted by Crippen LogP contribution is 2.12. The first-order valence-corrected chi connectivity index (χ1v) is 14.3. The van der Waals surface area contributed by atoms with E-state index in [1.807, 2.05) is 0 Å². The average molecular weight is 637 g/mol. The molecule has 0 fully saturated rings. The number of nitrogens with two attached hydrogens (primary N) is 1. The molecule has 0 heterocycles. The molecule has 0 bridgehead atoms. The summed E-state index contributed by atoms with van der Waals surface area (Å²) in [6.45, 7) is 9.59. The molecule has 3 atom stereocenters. The zero-order valence-electron chi connectivity index (χ0n) is 26.5. The number of rotatable bonds is 16. The molecule has 1 rings (SSSR count). The van der Waals surface area contributed by atoms with E-state index >= 15 is 0 Å². The number of aliphatic carboxylic acids is 1. The molecular formula is C30H44N4O11. The topological polar surface area (TPSA) is 230 Å². The van der Waals surface area contributed by atoms with Crippen LogP contribution in [0.4, 0.5) is 4.79 Å². The fourth-order valence-corrected chi connectivity index (χ4v) is 3.68. The van der Waals surface area contributed by atoms with Crippen molar-refractivity contribution in [2.75, 3.05) is 0 Å². The highest BCUT2D eigenvalue weighted by Gasteiger charge is 2.32. The third-order valence-corrected chi connectivity index (χ3v) is 5.60. The van der Waals surface area contributed by atoms with Gasteiger partial charge in [0, 0.05) is 12.8 Å². The maximum absolute atomic E-state index is 13.3. The van der Waals surface area contributed by atoms with Gasteiger partial charge < -0.3 is 41.0 Å². The van der Waals surface area contributed by atoms with Gasteiger partial charge in [0.15, 0.2) is 0 Å². The Balaban J connectivity index is 3.09. The van der Waals surface area contributed by atoms with Gasteiger partial charge >= 0.3 is 24.0 Å². The highest BCUT2D eigenvalue weighted by molar-refractivity contribution is 5.94. The summed E-state index contributed by atoms with van der Waals surface area (Å²) in [5.41, 5.74) is 4.16. The largest absolute Gasteiger partial charge is 0.480 e. The Morgan fingerprint density at radius 3 is 1.78 bits per heavy atom. The molecule has 15 nitrogen and oxygen atoms in total. The second-order valence-corrected chi connectivity index (χ2v) is 12.1. The van der Waals surface area contributed by atoms with E-state index in [1.165, 1.54) is 0 Å². The molecule has 6 N–H and O–H groups in total. The predicted octanol–water partition coefficient (Wildman–Crippen LogP) is 1.45. The van der Waals surface area contributed by atoms with E-state index in [1.54, 1.807) is 71.9 Å². The van der Waals surface area contributed by atoms with Crippen molar-refractivity contribution in [1.82, 2.24) is 16.0 Å². The van der Waals surface area contributed by atoms with Gasteiger partial charge in [-0.3, -0.25) is 24.0 Å². The first-order chi connectivity index (χ1) is 20.8. The number of benzene rings is 1. The van der Waals surface area contributed by atoms with Crippen LogP contribution in [-0.4, -0.2) is 76.2 Å². The second-order valence-electron chi connectivity index (χ2n) is 12.1. The van der Waals surface area contributed by atoms with Gasteiger partial charge in [-0.25, -0.2) is 9.59 Å². The molecule has 0 saturated carbocycles. The Labute approximate surface area is 261 Å². The summed E-state index contributed by atoms with van der Waals surface area (Å²) >= 11 is 0. The lowest BCUT2D eigenvalue weighted by Crippen LogP contribution is -2.56. The Morgan fingerprint density at radius 1 is 0.733 bits per heavy atom. The summed E-state index contributed by atoms with van der Waals surface area (Å²) in [6.07, 6.45) is -3.09. The lowest BCUT2D eigenvalue weighted by atomic mass is 10.1. The number of ether oxygens (including phenoxy) is 3. The number of nitrogens with one attached hydrogen (secondary N) is 3. The molecule has 0 radical (unpaired) electrons. The number of carbonyl (C=O) groups excluding carboxylic acids is 6. The van der Waals surface area contributed by atoms with Gasteiger partial charge in [0.25, 0.3) is 0 Å². The maximum Gasteiger partial charge on any atom is 0.408 e. The summed E-state index contributed by atoms with van der Waals surface area (Å²) in [5, 5.41) is 16.5. The van der Waals surface area contributed by atoms with Crippen LogP contribution in [0, 0.1) is 0 Å². The molecule has 0 aliphatic rings. The quantitative estimate of drug-likeness (QED) is 0.129. The Morgan fingerprint density at radius 2 is 1.24 bits per heavy atom. The van der Waals surface area contributed by atoms with Crippen molar-refractivity contribution in [2.24, 2.45) is 5.73 Å². The molecule has 0 aliphatic carbocycles. The van der Waals surface area contributed by atoms with Gasteiger partial charge in [0.05, 0.1) is 6.42 Å². The Bertz CT molecular complexity index is 1210. The smallest absolute Gasteiger partial charge is 0.408 e. The zero-order valence-corrected chi connectivity index (χ0v) is 26.5. The number of hydrogen-bond acceptors (Lipinski definition) is 10. The Kier molecular flexibility index (Phi) is 15.0. The summed E-state index contributed by atoms with van der Waals surface area (Å²) in [4.78, 5) is 87.0. The molecule has 0 spiro atoms. The predicted molar refractivity (Wildman–Crippen MR) is 159 cm³/mol. The standard InChI is InChI=1S/C30H44N4O11/c1-29(2,3)44-23(36)15-13-20(27(40)41)33-25(38)19(12-14-22(31)35)32-26(39)21(16-24(37)45-30(4,5)6)34-28(42)43-17-18-10-8-7-9-11-18/h7-11,19-21H,12-17H2,1-6H3,(H2,31,35)(H,32,39)(H,33,38)(H,34,42)(H,40,41)/t19-,20-,21-/m0/s1. The fourth-order valence-electron chi connectivity index (χ4n) is 3.68. The number of carboxylic acids is 1. The van der Waals surface area contributed by atoms with Crippen molar-refractivity contribution in [1.29, 1.82) is 0 Å². The van der Waals surface area contributed by atoms with E-state index in [0.717, 1.165) is 0 Å². The van der Waals surface area contributed by atoms with Crippen molar-refractivity contribution in [3.05, 3.63) is 35.9 Å². The molecule has 0 aromatic heterocycles. The van der Waals surface area contributed by atoms with Crippen LogP contribution in [0.1, 0.15) is 79.2 Å². The number of amides is 4. The molecule has 45 heavy (non-hydrogen) atoms. The van der Waals surface area contributed by atoms with Crippen LogP contribution >= 0.6 is 0 Å². The van der Waals surface area contributed by atoms with E-state index in [4.69, 9.17) is 19.9 Å². The fraction of sp³-hybridized carbons (Fsp3) is 0.567. The third-order valence-electron chi connectivity index (χ3n) is 5.60. The molecule has 250 valence electrons. The lowest BCUT2D eigenvalue weighted by Gasteiger charge is -2.25. The van der Waals surface area contributed by atoms with Crippen LogP contribution in [0.3, 0.4) is 0 Å². The van der Waals surface area contributed by atoms with E-state index in [2.05, 4.69) is 16.0 Å². The van der Waals surface area contributed by atoms with E-state index < -0.39 is 77.5 Å². The van der Waals surface area contributed by atoms with Gasteiger partial charge in [0.1, 0.15) is 35.9 Å². The molecule has 1 aromatic carbocycles. The van der Waals surface area contributed by atoms with Gasteiger partial charge in [-0.05, 0) is 59.9 Å². The van der Waals surface area contributed by atoms with Gasteiger partial charge in [0.2, 0.25) is 17.7 Å². The molecule has 0 saturated heterocycles. The van der Waals surface area contributed by atoms with Gasteiger partial charge in [-0.2, -0.15) is 0 Å². The SMILES string of the molecule is CC(C)(C)OC(=O)CC[C@H](NC(=O)[C@H](CCC(N)=O)NC(=O)[C@H](CC(=O)OC(C)(C)C)NC(=O)OCc1ccccc1)C(=O)O. The molecule has 4 amide bonds. The minimum Gasteiger partial charge on any atom is -0.480 e. The summed E-state index contributed by atoms with van der Waals surface area (Å²) in [6, 6.07) is 4.00. The molecule has 15 heteroatoms. The third kappa shape index (κ3) is 17.3. The number of primary amides is 1. The van der Waals surface area contributed by atoms with Crippen molar-refractivity contribution in [3.63, 3.8) is 0 Å². The van der Waals surface area contributed by atoms with Gasteiger partial charge in [-0.1, -0.05) is 30.3 Å². The van der Waals surface area contributed by atoms with Crippen LogP contribution < -0.4 is 21.7 Å². The average Bonchev–Trinajstić information content (AvgIpc) is 2.89. The first-order valence-electron chi connectivity index (χ1n) is 14.3. The maximum atomic E-state index is 13.3. The minimum absolute atomic E-state index is 0.142. The Hall–Kier alpha value is -4.69. The zero-order chi connectivity index (χ0) is 34.4. The van der Waals surface area contributed by atoms with Crippen LogP contribution in [0.25, 0.3) is 0 Å². The molecular weight excluding hydrogens is 592 g/mol. The van der Waals surface area contributed by atoms with Crippen molar-refractivity contribution < 1.29 is 52.9 Å². The van der Waals surface area contributed by atoms with E-state index in [0.29, 0.717) is 5.56 Å². The van der Waals surface area contributed by atoms with Crippen LogP contribution in [-0.2, 0) is 49.6 Å². The number of hydrogen-bond donors (Lipinski definition) is 5. The minimum atomic E-state index is -1.59.